The van der Waals surface area contributed by atoms with Gasteiger partial charge in [0.05, 0.1) is 6.42 Å². The van der Waals surface area contributed by atoms with Crippen LogP contribution in [-0.4, -0.2) is 51.8 Å². The van der Waals surface area contributed by atoms with Gasteiger partial charge in [-0.1, -0.05) is 65.7 Å². The van der Waals surface area contributed by atoms with Crippen molar-refractivity contribution in [2.75, 3.05) is 13.1 Å². The SMILES string of the molecule is Cc1ccc(C(=O)N2Cc3ccccc3C[C@@H]2C(=O)N(CCC(=O)O)CCc2cccc(Cl)c2)cc1. The number of rotatable bonds is 8. The van der Waals surface area contributed by atoms with E-state index in [-0.39, 0.29) is 24.8 Å². The summed E-state index contributed by atoms with van der Waals surface area (Å²) in [4.78, 5) is 42.1. The van der Waals surface area contributed by atoms with Crippen LogP contribution in [0, 0.1) is 6.92 Å². The van der Waals surface area contributed by atoms with Gasteiger partial charge in [-0.25, -0.2) is 0 Å². The van der Waals surface area contributed by atoms with E-state index >= 15 is 0 Å². The van der Waals surface area contributed by atoms with Crippen LogP contribution in [0.4, 0.5) is 0 Å². The first-order chi connectivity index (χ1) is 17.3. The number of carbonyl (C=O) groups is 3. The van der Waals surface area contributed by atoms with E-state index in [1.165, 1.54) is 0 Å². The average molecular weight is 505 g/mol. The van der Waals surface area contributed by atoms with Gasteiger partial charge in [0, 0.05) is 36.6 Å². The lowest BCUT2D eigenvalue weighted by molar-refractivity contribution is -0.140. The number of nitrogens with zero attached hydrogens (tertiary/aromatic N) is 2. The Kier molecular flexibility index (Phi) is 8.06. The van der Waals surface area contributed by atoms with Crippen LogP contribution in [0.3, 0.4) is 0 Å². The highest BCUT2D eigenvalue weighted by Crippen LogP contribution is 2.27. The third kappa shape index (κ3) is 6.13. The van der Waals surface area contributed by atoms with E-state index in [9.17, 15) is 19.5 Å². The van der Waals surface area contributed by atoms with E-state index in [0.717, 1.165) is 22.3 Å². The molecule has 186 valence electrons. The first-order valence-electron chi connectivity index (χ1n) is 12.0. The second kappa shape index (κ2) is 11.4. The minimum absolute atomic E-state index is 0.0689. The molecule has 0 radical (unpaired) electrons. The summed E-state index contributed by atoms with van der Waals surface area (Å²) < 4.78 is 0. The zero-order valence-corrected chi connectivity index (χ0v) is 20.9. The first kappa shape index (κ1) is 25.5. The molecule has 0 saturated carbocycles. The van der Waals surface area contributed by atoms with Crippen molar-refractivity contribution in [1.29, 1.82) is 0 Å². The van der Waals surface area contributed by atoms with Crippen molar-refractivity contribution in [3.05, 3.63) is 106 Å². The van der Waals surface area contributed by atoms with Crippen LogP contribution in [0.15, 0.2) is 72.8 Å². The fourth-order valence-corrected chi connectivity index (χ4v) is 4.76. The van der Waals surface area contributed by atoms with Gasteiger partial charge >= 0.3 is 5.97 Å². The predicted octanol–water partition coefficient (Wildman–Crippen LogP) is 4.76. The number of carboxylic acids is 1. The Morgan fingerprint density at radius 1 is 0.972 bits per heavy atom. The lowest BCUT2D eigenvalue weighted by Gasteiger charge is -2.38. The molecular weight excluding hydrogens is 476 g/mol. The highest BCUT2D eigenvalue weighted by molar-refractivity contribution is 6.30. The average Bonchev–Trinajstić information content (AvgIpc) is 2.87. The summed E-state index contributed by atoms with van der Waals surface area (Å²) >= 11 is 6.11. The molecule has 36 heavy (non-hydrogen) atoms. The summed E-state index contributed by atoms with van der Waals surface area (Å²) in [6.45, 7) is 2.68. The lowest BCUT2D eigenvalue weighted by atomic mass is 9.92. The molecule has 3 aromatic rings. The van der Waals surface area contributed by atoms with Gasteiger partial charge < -0.3 is 14.9 Å². The predicted molar refractivity (Wildman–Crippen MR) is 139 cm³/mol. The quantitative estimate of drug-likeness (QED) is 0.479. The van der Waals surface area contributed by atoms with Gasteiger partial charge in [0.25, 0.3) is 5.91 Å². The maximum absolute atomic E-state index is 13.9. The van der Waals surface area contributed by atoms with Crippen LogP contribution in [0.5, 0.6) is 0 Å². The summed E-state index contributed by atoms with van der Waals surface area (Å²) in [5.74, 6) is -1.43. The van der Waals surface area contributed by atoms with Crippen LogP contribution >= 0.6 is 11.6 Å². The van der Waals surface area contributed by atoms with E-state index < -0.39 is 12.0 Å². The smallest absolute Gasteiger partial charge is 0.305 e. The second-order valence-electron chi connectivity index (χ2n) is 9.14. The summed E-state index contributed by atoms with van der Waals surface area (Å²) in [7, 11) is 0. The summed E-state index contributed by atoms with van der Waals surface area (Å²) in [6, 6.07) is 21.8. The molecule has 1 N–H and O–H groups in total. The summed E-state index contributed by atoms with van der Waals surface area (Å²) in [6.07, 6.45) is 0.741. The minimum Gasteiger partial charge on any atom is -0.481 e. The highest BCUT2D eigenvalue weighted by Gasteiger charge is 2.37. The number of hydrogen-bond donors (Lipinski definition) is 1. The molecule has 1 aliphatic heterocycles. The number of aryl methyl sites for hydroxylation is 1. The molecule has 0 aromatic heterocycles. The van der Waals surface area contributed by atoms with Crippen molar-refractivity contribution in [3.63, 3.8) is 0 Å². The molecule has 7 heteroatoms. The molecule has 0 saturated heterocycles. The van der Waals surface area contributed by atoms with Gasteiger partial charge in [-0.2, -0.15) is 0 Å². The van der Waals surface area contributed by atoms with Gasteiger partial charge in [0.15, 0.2) is 0 Å². The first-order valence-corrected chi connectivity index (χ1v) is 12.4. The minimum atomic E-state index is -0.975. The van der Waals surface area contributed by atoms with Gasteiger partial charge in [-0.3, -0.25) is 14.4 Å². The number of fused-ring (bicyclic) bond motifs is 1. The molecule has 1 atom stereocenters. The van der Waals surface area contributed by atoms with Crippen molar-refractivity contribution >= 4 is 29.4 Å². The number of amides is 2. The fraction of sp³-hybridized carbons (Fsp3) is 0.276. The van der Waals surface area contributed by atoms with Crippen molar-refractivity contribution in [1.82, 2.24) is 9.80 Å². The van der Waals surface area contributed by atoms with Crippen LogP contribution in [0.25, 0.3) is 0 Å². The molecule has 0 spiro atoms. The molecule has 1 heterocycles. The van der Waals surface area contributed by atoms with Crippen LogP contribution in [-0.2, 0) is 29.0 Å². The Labute approximate surface area is 216 Å². The monoisotopic (exact) mass is 504 g/mol. The zero-order chi connectivity index (χ0) is 25.7. The van der Waals surface area contributed by atoms with Crippen LogP contribution < -0.4 is 0 Å². The van der Waals surface area contributed by atoms with Crippen molar-refractivity contribution < 1.29 is 19.5 Å². The topological polar surface area (TPSA) is 77.9 Å². The number of aliphatic carboxylic acids is 1. The summed E-state index contributed by atoms with van der Waals surface area (Å²) in [5.41, 5.74) is 4.56. The number of halogens is 1. The van der Waals surface area contributed by atoms with Crippen LogP contribution in [0.1, 0.15) is 39.0 Å². The van der Waals surface area contributed by atoms with Crippen LogP contribution in [0.2, 0.25) is 5.02 Å². The van der Waals surface area contributed by atoms with E-state index in [4.69, 9.17) is 11.6 Å². The standard InChI is InChI=1S/C29H29ClN2O4/c1-20-9-11-22(12-10-20)28(35)32-19-24-7-3-2-6-23(24)18-26(32)29(36)31(16-14-27(33)34)15-13-21-5-4-8-25(30)17-21/h2-12,17,26H,13-16,18-19H2,1H3,(H,33,34)/t26-/m1/s1. The van der Waals surface area contributed by atoms with E-state index in [0.29, 0.717) is 36.5 Å². The molecule has 2 amide bonds. The maximum atomic E-state index is 13.9. The van der Waals surface area contributed by atoms with E-state index in [1.54, 1.807) is 28.0 Å². The van der Waals surface area contributed by atoms with Crippen molar-refractivity contribution in [2.45, 2.75) is 38.8 Å². The lowest BCUT2D eigenvalue weighted by Crippen LogP contribution is -2.54. The Hall–Kier alpha value is -3.64. The number of carbonyl (C=O) groups excluding carboxylic acids is 2. The molecule has 1 aliphatic rings. The Balaban J connectivity index is 1.62. The number of benzene rings is 3. The molecule has 6 nitrogen and oxygen atoms in total. The van der Waals surface area contributed by atoms with Crippen molar-refractivity contribution in [3.8, 4) is 0 Å². The third-order valence-electron chi connectivity index (χ3n) is 6.56. The Morgan fingerprint density at radius 2 is 1.69 bits per heavy atom. The number of hydrogen-bond acceptors (Lipinski definition) is 3. The number of carboxylic acid groups (broad SMARTS) is 1. The highest BCUT2D eigenvalue weighted by atomic mass is 35.5. The van der Waals surface area contributed by atoms with E-state index in [1.807, 2.05) is 61.5 Å². The maximum Gasteiger partial charge on any atom is 0.305 e. The van der Waals surface area contributed by atoms with Gasteiger partial charge in [-0.05, 0) is 54.3 Å². The van der Waals surface area contributed by atoms with E-state index in [2.05, 4.69) is 0 Å². The van der Waals surface area contributed by atoms with Gasteiger partial charge in [0.1, 0.15) is 6.04 Å². The molecular formula is C29H29ClN2O4. The normalized spacial score (nSPS) is 14.7. The Morgan fingerprint density at radius 3 is 2.39 bits per heavy atom. The molecule has 0 unspecified atom stereocenters. The summed E-state index contributed by atoms with van der Waals surface area (Å²) in [5, 5.41) is 9.90. The van der Waals surface area contributed by atoms with Crippen molar-refractivity contribution in [2.24, 2.45) is 0 Å². The fourth-order valence-electron chi connectivity index (χ4n) is 4.55. The zero-order valence-electron chi connectivity index (χ0n) is 20.2. The molecule has 0 fully saturated rings. The Bertz CT molecular complexity index is 1260. The largest absolute Gasteiger partial charge is 0.481 e. The molecule has 0 bridgehead atoms. The molecule has 3 aromatic carbocycles. The second-order valence-corrected chi connectivity index (χ2v) is 9.57. The molecule has 4 rings (SSSR count). The molecule has 0 aliphatic carbocycles. The van der Waals surface area contributed by atoms with Gasteiger partial charge in [0.2, 0.25) is 5.91 Å². The van der Waals surface area contributed by atoms with Gasteiger partial charge in [-0.15, -0.1) is 0 Å². The third-order valence-corrected chi connectivity index (χ3v) is 6.79.